The summed E-state index contributed by atoms with van der Waals surface area (Å²) >= 11 is 0. The van der Waals surface area contributed by atoms with Gasteiger partial charge in [0.15, 0.2) is 6.17 Å². The maximum Gasteiger partial charge on any atom is 0.330 e. The Hall–Kier alpha value is -3.81. The molecule has 1 heterocycles. The Morgan fingerprint density at radius 1 is 1.00 bits per heavy atom. The molecule has 7 nitrogen and oxygen atoms in total. The molecule has 3 aromatic rings. The maximum atomic E-state index is 13.8. The van der Waals surface area contributed by atoms with Crippen LogP contribution in [0.15, 0.2) is 70.4 Å². The zero-order chi connectivity index (χ0) is 20.3. The number of carbonyl (C=O) groups is 2. The fraction of sp³-hybridized carbons (Fsp3) is 0.100. The quantitative estimate of drug-likeness (QED) is 0.658. The molecule has 0 saturated carbocycles. The lowest BCUT2D eigenvalue weighted by molar-refractivity contribution is 0.0811. The summed E-state index contributed by atoms with van der Waals surface area (Å²) in [4.78, 5) is 50.8. The van der Waals surface area contributed by atoms with Crippen LogP contribution in [0.3, 0.4) is 0 Å². The molecule has 1 unspecified atom stereocenters. The first kappa shape index (κ1) is 19.0. The van der Waals surface area contributed by atoms with Crippen molar-refractivity contribution < 1.29 is 14.0 Å². The van der Waals surface area contributed by atoms with Gasteiger partial charge in [0.1, 0.15) is 0 Å². The predicted molar refractivity (Wildman–Crippen MR) is 99.7 cm³/mol. The van der Waals surface area contributed by atoms with Gasteiger partial charge in [0.05, 0.1) is 6.20 Å². The molecule has 0 fully saturated rings. The molecule has 142 valence electrons. The molecule has 0 saturated heterocycles. The van der Waals surface area contributed by atoms with E-state index in [9.17, 15) is 23.6 Å². The van der Waals surface area contributed by atoms with E-state index >= 15 is 0 Å². The fourth-order valence-corrected chi connectivity index (χ4v) is 2.59. The van der Waals surface area contributed by atoms with Crippen LogP contribution in [0.2, 0.25) is 0 Å². The lowest BCUT2D eigenvalue weighted by atomic mass is 10.1. The molecule has 0 radical (unpaired) electrons. The van der Waals surface area contributed by atoms with E-state index in [2.05, 4.69) is 5.32 Å². The van der Waals surface area contributed by atoms with Crippen molar-refractivity contribution in [3.05, 3.63) is 104 Å². The van der Waals surface area contributed by atoms with Gasteiger partial charge < -0.3 is 5.32 Å². The number of Topliss-reactive ketones (excluding diaryl/α,β-unsaturated/α-hetero) is 1. The first-order valence-corrected chi connectivity index (χ1v) is 8.34. The van der Waals surface area contributed by atoms with Crippen molar-refractivity contribution in [3.8, 4) is 0 Å². The molecule has 0 spiro atoms. The van der Waals surface area contributed by atoms with Crippen molar-refractivity contribution in [1.29, 1.82) is 0 Å². The second-order valence-corrected chi connectivity index (χ2v) is 6.12. The number of amides is 1. The van der Waals surface area contributed by atoms with Crippen molar-refractivity contribution >= 4 is 11.7 Å². The van der Waals surface area contributed by atoms with E-state index < -0.39 is 34.9 Å². The zero-order valence-electron chi connectivity index (χ0n) is 14.8. The molecule has 0 aliphatic carbocycles. The number of carbonyl (C=O) groups excluding carboxylic acids is 2. The second-order valence-electron chi connectivity index (χ2n) is 6.12. The van der Waals surface area contributed by atoms with E-state index in [1.54, 1.807) is 35.3 Å². The number of hydrogen-bond donors (Lipinski definition) is 2. The molecular weight excluding hydrogens is 365 g/mol. The largest absolute Gasteiger partial charge is 0.330 e. The van der Waals surface area contributed by atoms with Gasteiger partial charge in [-0.05, 0) is 19.1 Å². The molecule has 1 atom stereocenters. The molecule has 8 heteroatoms. The molecule has 0 aliphatic heterocycles. The van der Waals surface area contributed by atoms with Gasteiger partial charge in [-0.15, -0.1) is 0 Å². The minimum Gasteiger partial charge on any atom is -0.325 e. The number of nitrogens with zero attached hydrogens (tertiary/aromatic N) is 1. The Kier molecular flexibility index (Phi) is 5.30. The number of hydrogen-bond acceptors (Lipinski definition) is 4. The Morgan fingerprint density at radius 2 is 1.64 bits per heavy atom. The van der Waals surface area contributed by atoms with Gasteiger partial charge in [-0.1, -0.05) is 48.0 Å². The number of ketones is 1. The minimum absolute atomic E-state index is 0.211. The number of rotatable bonds is 5. The maximum absolute atomic E-state index is 13.8. The molecule has 28 heavy (non-hydrogen) atoms. The molecule has 0 aliphatic rings. The number of aromatic amines is 1. The summed E-state index contributed by atoms with van der Waals surface area (Å²) in [6.45, 7) is 1.84. The monoisotopic (exact) mass is 381 g/mol. The molecule has 1 aromatic heterocycles. The molecule has 2 N–H and O–H groups in total. The molecular formula is C20H16FN3O4. The molecule has 3 rings (SSSR count). The Labute approximate surface area is 158 Å². The van der Waals surface area contributed by atoms with Crippen LogP contribution in [-0.2, 0) is 0 Å². The third-order valence-corrected chi connectivity index (χ3v) is 4.09. The van der Waals surface area contributed by atoms with Crippen LogP contribution >= 0.6 is 0 Å². The summed E-state index contributed by atoms with van der Waals surface area (Å²) in [5.74, 6) is -2.53. The van der Waals surface area contributed by atoms with E-state index in [-0.39, 0.29) is 11.1 Å². The van der Waals surface area contributed by atoms with E-state index in [1.807, 2.05) is 6.92 Å². The first-order chi connectivity index (χ1) is 13.4. The van der Waals surface area contributed by atoms with Gasteiger partial charge in [0.2, 0.25) is 11.6 Å². The standard InChI is InChI=1S/C20H16FN3O4/c1-12-7-9-13(10-8-12)16(25)17(22-18(26)14-5-3-2-4-6-14)24-11-15(21)19(27)23-20(24)28/h2-11,17H,1H3,(H,22,26)(H,23,27,28). The predicted octanol–water partition coefficient (Wildman–Crippen LogP) is 1.80. The van der Waals surface area contributed by atoms with E-state index in [0.717, 1.165) is 5.56 Å². The van der Waals surface area contributed by atoms with Gasteiger partial charge in [-0.2, -0.15) is 4.39 Å². The SMILES string of the molecule is Cc1ccc(C(=O)C(NC(=O)c2ccccc2)n2cc(F)c(=O)[nH]c2=O)cc1. The Morgan fingerprint density at radius 3 is 2.29 bits per heavy atom. The average Bonchev–Trinajstić information content (AvgIpc) is 2.70. The number of H-pyrrole nitrogens is 1. The van der Waals surface area contributed by atoms with Crippen molar-refractivity contribution in [3.63, 3.8) is 0 Å². The average molecular weight is 381 g/mol. The third-order valence-electron chi connectivity index (χ3n) is 4.09. The lowest BCUT2D eigenvalue weighted by Gasteiger charge is -2.20. The molecule has 1 amide bonds. The summed E-state index contributed by atoms with van der Waals surface area (Å²) in [5.41, 5.74) is -0.860. The third kappa shape index (κ3) is 3.96. The van der Waals surface area contributed by atoms with E-state index in [1.165, 1.54) is 24.3 Å². The van der Waals surface area contributed by atoms with Crippen LogP contribution in [0, 0.1) is 12.7 Å². The number of benzene rings is 2. The Bertz CT molecular complexity index is 1130. The highest BCUT2D eigenvalue weighted by Gasteiger charge is 2.26. The van der Waals surface area contributed by atoms with Crippen molar-refractivity contribution in [2.75, 3.05) is 0 Å². The van der Waals surface area contributed by atoms with Crippen molar-refractivity contribution in [2.24, 2.45) is 0 Å². The highest BCUT2D eigenvalue weighted by atomic mass is 19.1. The normalized spacial score (nSPS) is 11.6. The van der Waals surface area contributed by atoms with Crippen LogP contribution in [0.1, 0.15) is 32.4 Å². The van der Waals surface area contributed by atoms with E-state index in [0.29, 0.717) is 10.8 Å². The van der Waals surface area contributed by atoms with Gasteiger partial charge >= 0.3 is 5.69 Å². The van der Waals surface area contributed by atoms with Crippen molar-refractivity contribution in [2.45, 2.75) is 13.1 Å². The van der Waals surface area contributed by atoms with Crippen LogP contribution in [0.25, 0.3) is 0 Å². The van der Waals surface area contributed by atoms with Gasteiger partial charge in [-0.3, -0.25) is 23.9 Å². The van der Waals surface area contributed by atoms with Crippen LogP contribution < -0.4 is 16.6 Å². The summed E-state index contributed by atoms with van der Waals surface area (Å²) < 4.78 is 14.4. The van der Waals surface area contributed by atoms with Gasteiger partial charge in [0, 0.05) is 11.1 Å². The van der Waals surface area contributed by atoms with Gasteiger partial charge in [0.25, 0.3) is 11.5 Å². The lowest BCUT2D eigenvalue weighted by Crippen LogP contribution is -2.44. The van der Waals surface area contributed by atoms with Crippen LogP contribution in [0.4, 0.5) is 4.39 Å². The molecule has 2 aromatic carbocycles. The number of aromatic nitrogens is 2. The summed E-state index contributed by atoms with van der Waals surface area (Å²) in [6.07, 6.45) is -0.947. The number of halogens is 1. The van der Waals surface area contributed by atoms with Gasteiger partial charge in [-0.25, -0.2) is 4.79 Å². The Balaban J connectivity index is 2.06. The van der Waals surface area contributed by atoms with E-state index in [4.69, 9.17) is 0 Å². The molecule has 0 bridgehead atoms. The zero-order valence-corrected chi connectivity index (χ0v) is 14.8. The first-order valence-electron chi connectivity index (χ1n) is 8.34. The highest BCUT2D eigenvalue weighted by Crippen LogP contribution is 2.13. The van der Waals surface area contributed by atoms with Crippen LogP contribution in [0.5, 0.6) is 0 Å². The topological polar surface area (TPSA) is 101 Å². The highest BCUT2D eigenvalue weighted by molar-refractivity contribution is 6.03. The number of nitrogens with one attached hydrogen (secondary N) is 2. The number of aryl methyl sites for hydroxylation is 1. The van der Waals surface area contributed by atoms with Crippen molar-refractivity contribution in [1.82, 2.24) is 14.9 Å². The minimum atomic E-state index is -1.55. The smallest absolute Gasteiger partial charge is 0.325 e. The summed E-state index contributed by atoms with van der Waals surface area (Å²) in [5, 5.41) is 2.44. The fourth-order valence-electron chi connectivity index (χ4n) is 2.59. The summed E-state index contributed by atoms with van der Waals surface area (Å²) in [7, 11) is 0. The summed E-state index contributed by atoms with van der Waals surface area (Å²) in [6, 6.07) is 14.5. The second kappa shape index (κ2) is 7.83. The van der Waals surface area contributed by atoms with Crippen LogP contribution in [-0.4, -0.2) is 21.2 Å².